The number of nitrogens with zero attached hydrogens (tertiary/aromatic N) is 3. The van der Waals surface area contributed by atoms with Gasteiger partial charge in [0.05, 0.1) is 12.3 Å². The average Bonchev–Trinajstić information content (AvgIpc) is 2.73. The Morgan fingerprint density at radius 2 is 2.17 bits per heavy atom. The molecule has 0 saturated heterocycles. The Bertz CT molecular complexity index is 527. The summed E-state index contributed by atoms with van der Waals surface area (Å²) in [6.07, 6.45) is 3.62. The number of fused-ring (bicyclic) bond motifs is 1. The van der Waals surface area contributed by atoms with Crippen LogP contribution in [0.4, 0.5) is 5.82 Å². The zero-order valence-corrected chi connectivity index (χ0v) is 11.4. The Hall–Kier alpha value is -1.62. The predicted molar refractivity (Wildman–Crippen MR) is 72.1 cm³/mol. The fourth-order valence-electron chi connectivity index (χ4n) is 1.70. The first-order chi connectivity index (χ1) is 8.52. The minimum atomic E-state index is 0.0375. The summed E-state index contributed by atoms with van der Waals surface area (Å²) >= 11 is 0. The van der Waals surface area contributed by atoms with Gasteiger partial charge >= 0.3 is 0 Å². The van der Waals surface area contributed by atoms with Gasteiger partial charge in [0.15, 0.2) is 5.82 Å². The molecule has 0 bridgehead atoms. The van der Waals surface area contributed by atoms with E-state index in [0.717, 1.165) is 23.6 Å². The molecule has 98 valence electrons. The molecule has 0 aromatic carbocycles. The molecule has 5 nitrogen and oxygen atoms in total. The van der Waals surface area contributed by atoms with Gasteiger partial charge in [-0.3, -0.25) is 0 Å². The van der Waals surface area contributed by atoms with E-state index in [1.54, 1.807) is 13.3 Å². The lowest BCUT2D eigenvalue weighted by Gasteiger charge is -2.13. The Balaban J connectivity index is 2.33. The number of hydrogen-bond acceptors (Lipinski definition) is 4. The second-order valence-corrected chi connectivity index (χ2v) is 5.30. The van der Waals surface area contributed by atoms with E-state index >= 15 is 0 Å². The van der Waals surface area contributed by atoms with Crippen molar-refractivity contribution in [2.24, 2.45) is 0 Å². The highest BCUT2D eigenvalue weighted by Gasteiger charge is 2.18. The molecule has 0 fully saturated rings. The summed E-state index contributed by atoms with van der Waals surface area (Å²) in [5.41, 5.74) is 2.10. The number of methoxy groups -OCH3 is 1. The topological polar surface area (TPSA) is 51.5 Å². The van der Waals surface area contributed by atoms with Crippen LogP contribution in [0.15, 0.2) is 18.5 Å². The third-order valence-corrected chi connectivity index (χ3v) is 2.76. The van der Waals surface area contributed by atoms with Gasteiger partial charge in [0.25, 0.3) is 0 Å². The number of nitrogens with one attached hydrogen (secondary N) is 1. The number of aromatic nitrogens is 3. The largest absolute Gasteiger partial charge is 0.383 e. The van der Waals surface area contributed by atoms with Crippen molar-refractivity contribution >= 4 is 11.3 Å². The van der Waals surface area contributed by atoms with Crippen LogP contribution in [-0.4, -0.2) is 34.9 Å². The van der Waals surface area contributed by atoms with E-state index in [1.165, 1.54) is 0 Å². The van der Waals surface area contributed by atoms with Crippen molar-refractivity contribution in [1.82, 2.24) is 14.6 Å². The van der Waals surface area contributed by atoms with Gasteiger partial charge in [-0.25, -0.2) is 9.50 Å². The van der Waals surface area contributed by atoms with Gasteiger partial charge in [0.1, 0.15) is 5.52 Å². The zero-order valence-electron chi connectivity index (χ0n) is 11.4. The molecule has 0 saturated carbocycles. The van der Waals surface area contributed by atoms with Crippen LogP contribution in [-0.2, 0) is 10.2 Å². The highest BCUT2D eigenvalue weighted by atomic mass is 16.5. The first kappa shape index (κ1) is 12.8. The normalized spacial score (nSPS) is 12.0. The van der Waals surface area contributed by atoms with Crippen molar-refractivity contribution in [1.29, 1.82) is 0 Å². The van der Waals surface area contributed by atoms with Crippen molar-refractivity contribution in [2.45, 2.75) is 26.2 Å². The van der Waals surface area contributed by atoms with Crippen LogP contribution in [0.25, 0.3) is 5.52 Å². The van der Waals surface area contributed by atoms with E-state index in [2.05, 4.69) is 42.2 Å². The summed E-state index contributed by atoms with van der Waals surface area (Å²) in [6, 6.07) is 2.09. The Kier molecular flexibility index (Phi) is 3.52. The summed E-state index contributed by atoms with van der Waals surface area (Å²) in [5.74, 6) is 0.845. The molecule has 18 heavy (non-hydrogen) atoms. The Morgan fingerprint density at radius 3 is 2.83 bits per heavy atom. The van der Waals surface area contributed by atoms with Crippen LogP contribution < -0.4 is 5.32 Å². The molecule has 0 unspecified atom stereocenters. The van der Waals surface area contributed by atoms with E-state index in [0.29, 0.717) is 6.61 Å². The molecule has 0 aliphatic carbocycles. The van der Waals surface area contributed by atoms with Crippen LogP contribution in [0.5, 0.6) is 0 Å². The zero-order chi connectivity index (χ0) is 13.2. The van der Waals surface area contributed by atoms with Crippen LogP contribution in [0.1, 0.15) is 26.5 Å². The number of ether oxygens (including phenoxy) is 1. The molecule has 0 amide bonds. The number of hydrogen-bond donors (Lipinski definition) is 1. The van der Waals surface area contributed by atoms with Crippen LogP contribution in [0.3, 0.4) is 0 Å². The van der Waals surface area contributed by atoms with E-state index in [1.807, 2.05) is 10.7 Å². The minimum Gasteiger partial charge on any atom is -0.383 e. The fourth-order valence-corrected chi connectivity index (χ4v) is 1.70. The second kappa shape index (κ2) is 4.94. The van der Waals surface area contributed by atoms with E-state index < -0.39 is 0 Å². The molecule has 2 heterocycles. The minimum absolute atomic E-state index is 0.0375. The third kappa shape index (κ3) is 2.61. The third-order valence-electron chi connectivity index (χ3n) is 2.76. The molecule has 2 rings (SSSR count). The second-order valence-electron chi connectivity index (χ2n) is 5.30. The highest BCUT2D eigenvalue weighted by Crippen LogP contribution is 2.24. The van der Waals surface area contributed by atoms with Crippen molar-refractivity contribution < 1.29 is 4.74 Å². The molecule has 2 aromatic heterocycles. The van der Waals surface area contributed by atoms with Crippen molar-refractivity contribution in [3.05, 3.63) is 24.2 Å². The maximum Gasteiger partial charge on any atom is 0.152 e. The molecule has 0 aliphatic rings. The van der Waals surface area contributed by atoms with Gasteiger partial charge < -0.3 is 10.1 Å². The smallest absolute Gasteiger partial charge is 0.152 e. The monoisotopic (exact) mass is 248 g/mol. The van der Waals surface area contributed by atoms with Gasteiger partial charge in [-0.05, 0) is 6.07 Å². The molecule has 0 spiro atoms. The molecule has 5 heteroatoms. The lowest BCUT2D eigenvalue weighted by Crippen LogP contribution is -2.11. The number of rotatable bonds is 4. The summed E-state index contributed by atoms with van der Waals surface area (Å²) in [6.45, 7) is 7.85. The summed E-state index contributed by atoms with van der Waals surface area (Å²) in [4.78, 5) is 4.35. The maximum absolute atomic E-state index is 5.02. The van der Waals surface area contributed by atoms with Crippen molar-refractivity contribution in [2.75, 3.05) is 25.6 Å². The van der Waals surface area contributed by atoms with Gasteiger partial charge in [-0.2, -0.15) is 5.10 Å². The molecule has 0 atom stereocenters. The van der Waals surface area contributed by atoms with Gasteiger partial charge in [0.2, 0.25) is 0 Å². The van der Waals surface area contributed by atoms with Crippen molar-refractivity contribution in [3.63, 3.8) is 0 Å². The Morgan fingerprint density at radius 1 is 1.39 bits per heavy atom. The lowest BCUT2D eigenvalue weighted by molar-refractivity contribution is 0.210. The molecule has 1 N–H and O–H groups in total. The van der Waals surface area contributed by atoms with Crippen LogP contribution in [0.2, 0.25) is 0 Å². The fraction of sp³-hybridized carbons (Fsp3) is 0.538. The molecular weight excluding hydrogens is 228 g/mol. The summed E-state index contributed by atoms with van der Waals surface area (Å²) in [7, 11) is 1.69. The molecular formula is C13H20N4O. The first-order valence-corrected chi connectivity index (χ1v) is 6.10. The number of anilines is 1. The van der Waals surface area contributed by atoms with E-state index in [4.69, 9.17) is 4.74 Å². The van der Waals surface area contributed by atoms with Crippen LogP contribution in [0, 0.1) is 0 Å². The molecule has 0 radical (unpaired) electrons. The van der Waals surface area contributed by atoms with Crippen molar-refractivity contribution in [3.8, 4) is 0 Å². The van der Waals surface area contributed by atoms with E-state index in [9.17, 15) is 0 Å². The Labute approximate surface area is 107 Å². The van der Waals surface area contributed by atoms with E-state index in [-0.39, 0.29) is 5.41 Å². The lowest BCUT2D eigenvalue weighted by atomic mass is 9.92. The maximum atomic E-state index is 5.02. The van der Waals surface area contributed by atoms with Gasteiger partial charge in [-0.15, -0.1) is 0 Å². The summed E-state index contributed by atoms with van der Waals surface area (Å²) in [5, 5.41) is 7.83. The highest BCUT2D eigenvalue weighted by molar-refractivity contribution is 5.68. The van der Waals surface area contributed by atoms with Gasteiger partial charge in [-0.1, -0.05) is 20.8 Å². The van der Waals surface area contributed by atoms with Gasteiger partial charge in [0, 0.05) is 31.5 Å². The first-order valence-electron chi connectivity index (χ1n) is 6.10. The molecule has 0 aliphatic heterocycles. The quantitative estimate of drug-likeness (QED) is 0.842. The molecule has 2 aromatic rings. The average molecular weight is 248 g/mol. The SMILES string of the molecule is COCCNc1nccn2nc(C(C)(C)C)cc12. The summed E-state index contributed by atoms with van der Waals surface area (Å²) < 4.78 is 6.89. The van der Waals surface area contributed by atoms with Crippen LogP contribution >= 0.6 is 0 Å². The predicted octanol–water partition coefficient (Wildman–Crippen LogP) is 2.09. The standard InChI is InChI=1S/C13H20N4O/c1-13(2,3)11-9-10-12(15-6-8-18-4)14-5-7-17(10)16-11/h5,7,9H,6,8H2,1-4H3,(H,14,15).